The molecule has 0 bridgehead atoms. The van der Waals surface area contributed by atoms with Crippen molar-refractivity contribution in [1.29, 1.82) is 0 Å². The highest BCUT2D eigenvalue weighted by atomic mass is 16.4. The second-order valence-electron chi connectivity index (χ2n) is 6.70. The van der Waals surface area contributed by atoms with E-state index in [1.165, 1.54) is 19.3 Å². The number of nitrogens with one attached hydrogen (secondary N) is 1. The lowest BCUT2D eigenvalue weighted by Gasteiger charge is -2.22. The summed E-state index contributed by atoms with van der Waals surface area (Å²) in [5.41, 5.74) is -0.101. The molecule has 0 heterocycles. The van der Waals surface area contributed by atoms with Gasteiger partial charge in [-0.05, 0) is 30.7 Å². The largest absolute Gasteiger partial charge is 0.479 e. The Kier molecular flexibility index (Phi) is 4.19. The smallest absolute Gasteiger partial charge is 0.330 e. The van der Waals surface area contributed by atoms with Crippen molar-refractivity contribution < 1.29 is 14.7 Å². The van der Waals surface area contributed by atoms with E-state index >= 15 is 0 Å². The van der Waals surface area contributed by atoms with Crippen LogP contribution >= 0.6 is 0 Å². The van der Waals surface area contributed by atoms with Gasteiger partial charge in [0.2, 0.25) is 5.91 Å². The SMILES string of the molecule is O=C(CC1CCCCC1)NC1(C(=O)O)CC1c1ccccc1. The molecule has 2 fully saturated rings. The van der Waals surface area contributed by atoms with Gasteiger partial charge in [-0.15, -0.1) is 0 Å². The zero-order chi connectivity index (χ0) is 15.6. The highest BCUT2D eigenvalue weighted by Gasteiger charge is 2.62. The second-order valence-corrected chi connectivity index (χ2v) is 6.70. The van der Waals surface area contributed by atoms with Crippen LogP contribution in [0.25, 0.3) is 0 Å². The van der Waals surface area contributed by atoms with Crippen molar-refractivity contribution in [2.45, 2.75) is 56.4 Å². The number of carboxylic acids is 1. The Bertz CT molecular complexity index is 551. The first-order valence-corrected chi connectivity index (χ1v) is 8.21. The first-order valence-electron chi connectivity index (χ1n) is 8.21. The number of amides is 1. The predicted octanol–water partition coefficient (Wildman–Crippen LogP) is 3.08. The molecule has 22 heavy (non-hydrogen) atoms. The maximum Gasteiger partial charge on any atom is 0.330 e. The molecule has 0 aliphatic heterocycles. The van der Waals surface area contributed by atoms with Gasteiger partial charge in [-0.3, -0.25) is 4.79 Å². The normalized spacial score (nSPS) is 28.1. The summed E-state index contributed by atoms with van der Waals surface area (Å²) < 4.78 is 0. The van der Waals surface area contributed by atoms with Crippen LogP contribution in [0.1, 0.15) is 56.4 Å². The molecule has 1 aromatic rings. The maximum absolute atomic E-state index is 12.3. The van der Waals surface area contributed by atoms with E-state index in [0.29, 0.717) is 18.8 Å². The summed E-state index contributed by atoms with van der Waals surface area (Å²) in [6, 6.07) is 9.59. The van der Waals surface area contributed by atoms with Gasteiger partial charge in [-0.1, -0.05) is 49.6 Å². The first kappa shape index (κ1) is 15.1. The quantitative estimate of drug-likeness (QED) is 0.878. The zero-order valence-electron chi connectivity index (χ0n) is 12.8. The van der Waals surface area contributed by atoms with Gasteiger partial charge in [0.25, 0.3) is 0 Å². The molecule has 2 N–H and O–H groups in total. The van der Waals surface area contributed by atoms with Crippen LogP contribution in [0.15, 0.2) is 30.3 Å². The van der Waals surface area contributed by atoms with Gasteiger partial charge in [0, 0.05) is 12.3 Å². The summed E-state index contributed by atoms with van der Waals surface area (Å²) in [6.07, 6.45) is 6.78. The van der Waals surface area contributed by atoms with Crippen LogP contribution in [0.3, 0.4) is 0 Å². The monoisotopic (exact) mass is 301 g/mol. The van der Waals surface area contributed by atoms with Crippen molar-refractivity contribution >= 4 is 11.9 Å². The third kappa shape index (κ3) is 3.01. The zero-order valence-corrected chi connectivity index (χ0v) is 12.8. The van der Waals surface area contributed by atoms with E-state index in [9.17, 15) is 14.7 Å². The van der Waals surface area contributed by atoms with Gasteiger partial charge >= 0.3 is 5.97 Å². The fourth-order valence-electron chi connectivity index (χ4n) is 3.73. The number of carbonyl (C=O) groups excluding carboxylic acids is 1. The Morgan fingerprint density at radius 2 is 1.82 bits per heavy atom. The standard InChI is InChI=1S/C18H23NO3/c20-16(11-13-7-3-1-4-8-13)19-18(17(21)22)12-15(18)14-9-5-2-6-10-14/h2,5-6,9-10,13,15H,1,3-4,7-8,11-12H2,(H,19,20)(H,21,22). The molecule has 0 aromatic heterocycles. The Hall–Kier alpha value is -1.84. The van der Waals surface area contributed by atoms with Gasteiger partial charge in [0.1, 0.15) is 5.54 Å². The molecule has 4 heteroatoms. The fraction of sp³-hybridized carbons (Fsp3) is 0.556. The van der Waals surface area contributed by atoms with Gasteiger partial charge in [-0.25, -0.2) is 4.79 Å². The number of hydrogen-bond acceptors (Lipinski definition) is 2. The van der Waals surface area contributed by atoms with Crippen molar-refractivity contribution in [3.8, 4) is 0 Å². The molecule has 118 valence electrons. The Labute approximate surface area is 130 Å². The van der Waals surface area contributed by atoms with Crippen molar-refractivity contribution in [3.05, 3.63) is 35.9 Å². The summed E-state index contributed by atoms with van der Waals surface area (Å²) in [5.74, 6) is -0.707. The molecular formula is C18H23NO3. The van der Waals surface area contributed by atoms with Crippen LogP contribution in [0, 0.1) is 5.92 Å². The van der Waals surface area contributed by atoms with Gasteiger partial charge in [0.05, 0.1) is 0 Å². The van der Waals surface area contributed by atoms with Crippen molar-refractivity contribution in [2.24, 2.45) is 5.92 Å². The molecule has 1 amide bonds. The highest BCUT2D eigenvalue weighted by molar-refractivity contribution is 5.91. The van der Waals surface area contributed by atoms with E-state index in [0.717, 1.165) is 18.4 Å². The summed E-state index contributed by atoms with van der Waals surface area (Å²) in [6.45, 7) is 0. The predicted molar refractivity (Wildman–Crippen MR) is 83.5 cm³/mol. The summed E-state index contributed by atoms with van der Waals surface area (Å²) in [7, 11) is 0. The van der Waals surface area contributed by atoms with Crippen LogP contribution < -0.4 is 5.32 Å². The lowest BCUT2D eigenvalue weighted by Crippen LogP contribution is -2.45. The first-order chi connectivity index (χ1) is 10.6. The summed E-state index contributed by atoms with van der Waals surface area (Å²) >= 11 is 0. The number of benzene rings is 1. The number of carboxylic acid groups (broad SMARTS) is 1. The molecule has 1 aromatic carbocycles. The number of rotatable bonds is 5. The number of aliphatic carboxylic acids is 1. The third-order valence-electron chi connectivity index (χ3n) is 5.11. The minimum Gasteiger partial charge on any atom is -0.479 e. The lowest BCUT2D eigenvalue weighted by atomic mass is 9.86. The fourth-order valence-corrected chi connectivity index (χ4v) is 3.73. The van der Waals surface area contributed by atoms with Crippen LogP contribution in [0.5, 0.6) is 0 Å². The van der Waals surface area contributed by atoms with Crippen LogP contribution in [0.4, 0.5) is 0 Å². The topological polar surface area (TPSA) is 66.4 Å². The average Bonchev–Trinajstić information content (AvgIpc) is 3.25. The van der Waals surface area contributed by atoms with E-state index in [4.69, 9.17) is 0 Å². The van der Waals surface area contributed by atoms with Crippen molar-refractivity contribution in [1.82, 2.24) is 5.32 Å². The molecule has 2 saturated carbocycles. The molecule has 3 rings (SSSR count). The van der Waals surface area contributed by atoms with E-state index in [-0.39, 0.29) is 11.8 Å². The maximum atomic E-state index is 12.3. The molecular weight excluding hydrogens is 278 g/mol. The molecule has 0 saturated heterocycles. The Balaban J connectivity index is 1.63. The lowest BCUT2D eigenvalue weighted by molar-refractivity contribution is -0.143. The second kappa shape index (κ2) is 6.11. The van der Waals surface area contributed by atoms with Crippen molar-refractivity contribution in [3.63, 3.8) is 0 Å². The van der Waals surface area contributed by atoms with E-state index in [1.54, 1.807) is 0 Å². The van der Waals surface area contributed by atoms with E-state index in [2.05, 4.69) is 5.32 Å². The summed E-state index contributed by atoms with van der Waals surface area (Å²) in [5, 5.41) is 12.4. The van der Waals surface area contributed by atoms with E-state index < -0.39 is 11.5 Å². The number of carbonyl (C=O) groups is 2. The van der Waals surface area contributed by atoms with E-state index in [1.807, 2.05) is 30.3 Å². The number of hydrogen-bond donors (Lipinski definition) is 2. The summed E-state index contributed by atoms with van der Waals surface area (Å²) in [4.78, 5) is 24.0. The van der Waals surface area contributed by atoms with Gasteiger partial charge in [-0.2, -0.15) is 0 Å². The Morgan fingerprint density at radius 3 is 2.45 bits per heavy atom. The van der Waals surface area contributed by atoms with Gasteiger partial charge < -0.3 is 10.4 Å². The molecule has 2 unspecified atom stereocenters. The molecule has 4 nitrogen and oxygen atoms in total. The molecule has 0 spiro atoms. The van der Waals surface area contributed by atoms with Crippen LogP contribution in [-0.2, 0) is 9.59 Å². The minimum atomic E-state index is -1.09. The van der Waals surface area contributed by atoms with Crippen LogP contribution in [0.2, 0.25) is 0 Å². The Morgan fingerprint density at radius 1 is 1.14 bits per heavy atom. The molecule has 2 aliphatic carbocycles. The average molecular weight is 301 g/mol. The minimum absolute atomic E-state index is 0.104. The molecule has 2 aliphatic rings. The van der Waals surface area contributed by atoms with Gasteiger partial charge in [0.15, 0.2) is 0 Å². The highest BCUT2D eigenvalue weighted by Crippen LogP contribution is 2.51. The third-order valence-corrected chi connectivity index (χ3v) is 5.11. The van der Waals surface area contributed by atoms with Crippen molar-refractivity contribution in [2.75, 3.05) is 0 Å². The molecule has 2 atom stereocenters. The molecule has 0 radical (unpaired) electrons. The van der Waals surface area contributed by atoms with Crippen LogP contribution in [-0.4, -0.2) is 22.5 Å².